The van der Waals surface area contributed by atoms with Crippen LogP contribution >= 0.6 is 0 Å². The summed E-state index contributed by atoms with van der Waals surface area (Å²) in [6, 6.07) is 0. The Bertz CT molecular complexity index is 1100. The van der Waals surface area contributed by atoms with Gasteiger partial charge in [-0.1, -0.05) is 13.8 Å². The van der Waals surface area contributed by atoms with E-state index in [2.05, 4.69) is 6.92 Å². The van der Waals surface area contributed by atoms with Crippen LogP contribution in [0.4, 0.5) is 0 Å². The van der Waals surface area contributed by atoms with Crippen LogP contribution in [-0.4, -0.2) is 65.4 Å². The van der Waals surface area contributed by atoms with E-state index in [0.29, 0.717) is 12.8 Å². The third kappa shape index (κ3) is 2.29. The maximum absolute atomic E-state index is 14.2. The summed E-state index contributed by atoms with van der Waals surface area (Å²) in [5.74, 6) is -2.52. The molecule has 4 aliphatic heterocycles. The standard InChI is InChI=1S/C26H34O9/c1-21(2)14-11-15(27)24(5)13(23(14,4)25(6,31-7)35-21)8-9-22(3)17(12-10-16(28)32-19(12)29)33-20(30)18-26(22,24)34-18/h10,13-14,16-18,28H,8-9,11H2,1-7H3/t13-,14-,16+,17+,18-,22+,23-,24+,25-,26-/m1/s1. The fraction of sp³-hybridized carbons (Fsp3) is 0.808. The number of Topliss-reactive ketones (excluding diaryl/α,β-unsaturated/α-hetero) is 1. The van der Waals surface area contributed by atoms with Gasteiger partial charge in [-0.3, -0.25) is 4.79 Å². The monoisotopic (exact) mass is 490 g/mol. The highest BCUT2D eigenvalue weighted by atomic mass is 16.7. The molecule has 2 saturated carbocycles. The van der Waals surface area contributed by atoms with E-state index < -0.39 is 63.7 Å². The van der Waals surface area contributed by atoms with Crippen LogP contribution in [0.2, 0.25) is 0 Å². The lowest BCUT2D eigenvalue weighted by Crippen LogP contribution is -2.73. The molecule has 2 aliphatic carbocycles. The molecular formula is C26H34O9. The number of cyclic esters (lactones) is 2. The smallest absolute Gasteiger partial charge is 0.340 e. The number of aliphatic hydroxyl groups excluding tert-OH is 1. The Morgan fingerprint density at radius 3 is 2.29 bits per heavy atom. The van der Waals surface area contributed by atoms with Crippen LogP contribution in [0.25, 0.3) is 0 Å². The van der Waals surface area contributed by atoms with E-state index in [9.17, 15) is 19.5 Å². The average molecular weight is 491 g/mol. The number of rotatable bonds is 2. The van der Waals surface area contributed by atoms with Crippen LogP contribution in [0.1, 0.15) is 60.8 Å². The van der Waals surface area contributed by atoms with Crippen LogP contribution in [0.5, 0.6) is 0 Å². The lowest BCUT2D eigenvalue weighted by Gasteiger charge is -2.65. The zero-order valence-corrected chi connectivity index (χ0v) is 21.3. The highest BCUT2D eigenvalue weighted by Gasteiger charge is 2.90. The van der Waals surface area contributed by atoms with E-state index in [4.69, 9.17) is 23.7 Å². The summed E-state index contributed by atoms with van der Waals surface area (Å²) in [6.07, 6.45) is -0.554. The number of fused-ring (bicyclic) bond motifs is 3. The van der Waals surface area contributed by atoms with Crippen molar-refractivity contribution in [2.75, 3.05) is 7.11 Å². The zero-order chi connectivity index (χ0) is 25.6. The van der Waals surface area contributed by atoms with E-state index in [1.807, 2.05) is 34.6 Å². The number of carbonyl (C=O) groups is 3. The van der Waals surface area contributed by atoms with Crippen LogP contribution in [-0.2, 0) is 38.1 Å². The molecule has 9 heteroatoms. The van der Waals surface area contributed by atoms with Crippen molar-refractivity contribution in [3.8, 4) is 0 Å². The van der Waals surface area contributed by atoms with E-state index in [1.165, 1.54) is 6.08 Å². The molecule has 0 amide bonds. The maximum atomic E-state index is 14.2. The Morgan fingerprint density at radius 1 is 1.00 bits per heavy atom. The molecular weight excluding hydrogens is 456 g/mol. The van der Waals surface area contributed by atoms with Crippen molar-refractivity contribution in [3.05, 3.63) is 11.6 Å². The molecule has 9 nitrogen and oxygen atoms in total. The van der Waals surface area contributed by atoms with Gasteiger partial charge in [0.2, 0.25) is 6.29 Å². The van der Waals surface area contributed by atoms with Gasteiger partial charge in [0.05, 0.1) is 16.6 Å². The number of ether oxygens (including phenoxy) is 5. The van der Waals surface area contributed by atoms with Crippen LogP contribution < -0.4 is 0 Å². The molecule has 35 heavy (non-hydrogen) atoms. The number of esters is 2. The van der Waals surface area contributed by atoms with Gasteiger partial charge in [-0.05, 0) is 52.5 Å². The molecule has 192 valence electrons. The van der Waals surface area contributed by atoms with Gasteiger partial charge in [-0.2, -0.15) is 0 Å². The lowest BCUT2D eigenvalue weighted by atomic mass is 9.37. The van der Waals surface area contributed by atoms with Crippen molar-refractivity contribution in [2.45, 2.75) is 96.3 Å². The highest BCUT2D eigenvalue weighted by Crippen LogP contribution is 2.79. The summed E-state index contributed by atoms with van der Waals surface area (Å²) in [5, 5.41) is 9.90. The molecule has 0 aromatic rings. The van der Waals surface area contributed by atoms with Crippen molar-refractivity contribution in [1.82, 2.24) is 0 Å². The third-order valence-electron chi connectivity index (χ3n) is 11.1. The van der Waals surface area contributed by atoms with E-state index in [-0.39, 0.29) is 29.6 Å². The van der Waals surface area contributed by atoms with E-state index in [1.54, 1.807) is 7.11 Å². The first-order valence-electron chi connectivity index (χ1n) is 12.4. The second-order valence-corrected chi connectivity index (χ2v) is 12.5. The first kappa shape index (κ1) is 23.6. The summed E-state index contributed by atoms with van der Waals surface area (Å²) in [7, 11) is 1.64. The number of carbonyl (C=O) groups excluding carboxylic acids is 3. The third-order valence-corrected chi connectivity index (χ3v) is 11.1. The van der Waals surface area contributed by atoms with Gasteiger partial charge in [0.25, 0.3) is 0 Å². The van der Waals surface area contributed by atoms with Crippen LogP contribution in [0.15, 0.2) is 11.6 Å². The number of epoxide rings is 1. The first-order valence-corrected chi connectivity index (χ1v) is 12.4. The maximum Gasteiger partial charge on any atom is 0.340 e. The Balaban J connectivity index is 1.53. The molecule has 0 unspecified atom stereocenters. The van der Waals surface area contributed by atoms with Gasteiger partial charge in [-0.25, -0.2) is 9.59 Å². The number of hydrogen-bond acceptors (Lipinski definition) is 9. The molecule has 0 aromatic carbocycles. The summed E-state index contributed by atoms with van der Waals surface area (Å²) < 4.78 is 29.6. The predicted molar refractivity (Wildman–Crippen MR) is 118 cm³/mol. The van der Waals surface area contributed by atoms with Gasteiger partial charge < -0.3 is 28.8 Å². The molecule has 4 heterocycles. The SMILES string of the molecule is CO[C@]1(C)OC(C)(C)[C@H]2CC(=O)[C@]3(C)[C@H](CC[C@@]4(C)[C@H](C5=C[C@@H](O)OC5=O)OC(=O)[C@H]5O[C@]543)[C@]21C. The quantitative estimate of drug-likeness (QED) is 0.458. The molecule has 1 spiro atoms. The Labute approximate surface area is 204 Å². The Morgan fingerprint density at radius 2 is 1.69 bits per heavy atom. The van der Waals surface area contributed by atoms with Gasteiger partial charge in [0, 0.05) is 30.3 Å². The second kappa shape index (κ2) is 6.36. The van der Waals surface area contributed by atoms with Crippen molar-refractivity contribution >= 4 is 17.7 Å². The molecule has 6 aliphatic rings. The number of aliphatic hydroxyl groups is 1. The molecule has 1 N–H and O–H groups in total. The van der Waals surface area contributed by atoms with Gasteiger partial charge in [-0.15, -0.1) is 0 Å². The molecule has 0 bridgehead atoms. The van der Waals surface area contributed by atoms with Crippen LogP contribution in [0.3, 0.4) is 0 Å². The lowest BCUT2D eigenvalue weighted by molar-refractivity contribution is -0.284. The summed E-state index contributed by atoms with van der Waals surface area (Å²) in [5.41, 5.74) is -4.09. The first-order chi connectivity index (χ1) is 16.1. The minimum atomic E-state index is -1.39. The molecule has 0 radical (unpaired) electrons. The summed E-state index contributed by atoms with van der Waals surface area (Å²) in [4.78, 5) is 39.9. The van der Waals surface area contributed by atoms with Crippen LogP contribution in [0, 0.1) is 28.1 Å². The van der Waals surface area contributed by atoms with Gasteiger partial charge in [0.1, 0.15) is 17.5 Å². The van der Waals surface area contributed by atoms with Crippen molar-refractivity contribution in [2.24, 2.45) is 28.1 Å². The average Bonchev–Trinajstić information content (AvgIpc) is 3.43. The molecule has 0 aromatic heterocycles. The van der Waals surface area contributed by atoms with E-state index >= 15 is 0 Å². The molecule has 3 saturated heterocycles. The molecule has 5 fully saturated rings. The summed E-state index contributed by atoms with van der Waals surface area (Å²) in [6.45, 7) is 12.0. The van der Waals surface area contributed by atoms with E-state index in [0.717, 1.165) is 0 Å². The van der Waals surface area contributed by atoms with Crippen molar-refractivity contribution < 1.29 is 43.2 Å². The largest absolute Gasteiger partial charge is 0.454 e. The number of ketones is 1. The minimum absolute atomic E-state index is 0.0342. The topological polar surface area (TPSA) is 121 Å². The minimum Gasteiger partial charge on any atom is -0.454 e. The highest BCUT2D eigenvalue weighted by molar-refractivity contribution is 5.96. The normalized spacial score (nSPS) is 55.7. The van der Waals surface area contributed by atoms with Crippen molar-refractivity contribution in [1.29, 1.82) is 0 Å². The summed E-state index contributed by atoms with van der Waals surface area (Å²) >= 11 is 0. The molecule has 10 atom stereocenters. The number of hydrogen-bond donors (Lipinski definition) is 1. The fourth-order valence-electron chi connectivity index (χ4n) is 9.33. The Hall–Kier alpha value is -1.81. The van der Waals surface area contributed by atoms with Gasteiger partial charge in [0.15, 0.2) is 11.9 Å². The zero-order valence-electron chi connectivity index (χ0n) is 21.3. The Kier molecular flexibility index (Phi) is 4.28. The molecule has 6 rings (SSSR count). The fourth-order valence-corrected chi connectivity index (χ4v) is 9.33. The second-order valence-electron chi connectivity index (χ2n) is 12.5. The van der Waals surface area contributed by atoms with Crippen molar-refractivity contribution in [3.63, 3.8) is 0 Å². The number of methoxy groups -OCH3 is 1. The van der Waals surface area contributed by atoms with Gasteiger partial charge >= 0.3 is 11.9 Å². The predicted octanol–water partition coefficient (Wildman–Crippen LogP) is 2.04.